The minimum Gasteiger partial charge on any atom is -0.496 e. The monoisotopic (exact) mass is 408 g/mol. The molecule has 3 N–H and O–H groups in total. The predicted octanol–water partition coefficient (Wildman–Crippen LogP) is 4.56. The maximum atomic E-state index is 11.6. The normalized spacial score (nSPS) is 12.5. The van der Waals surface area contributed by atoms with Crippen molar-refractivity contribution in [2.24, 2.45) is 0 Å². The maximum Gasteiger partial charge on any atom is 0.407 e. The van der Waals surface area contributed by atoms with Crippen molar-refractivity contribution in [1.29, 1.82) is 0 Å². The summed E-state index contributed by atoms with van der Waals surface area (Å²) in [5.41, 5.74) is 2.13. The molecule has 0 spiro atoms. The zero-order chi connectivity index (χ0) is 20.6. The van der Waals surface area contributed by atoms with Crippen LogP contribution in [0.1, 0.15) is 51.8 Å². The number of rotatable bonds is 9. The molecule has 0 aliphatic heterocycles. The van der Waals surface area contributed by atoms with E-state index in [1.807, 2.05) is 51.1 Å². The summed E-state index contributed by atoms with van der Waals surface area (Å²) in [6, 6.07) is 9.63. The van der Waals surface area contributed by atoms with Gasteiger partial charge in [-0.2, -0.15) is 5.10 Å². The van der Waals surface area contributed by atoms with E-state index in [0.717, 1.165) is 42.0 Å². The van der Waals surface area contributed by atoms with Crippen molar-refractivity contribution < 1.29 is 14.3 Å². The lowest BCUT2D eigenvalue weighted by molar-refractivity contribution is 0.0527. The Balaban J connectivity index is 1.84. The Labute approximate surface area is 171 Å². The highest BCUT2D eigenvalue weighted by Gasteiger charge is 2.17. The van der Waals surface area contributed by atoms with Crippen LogP contribution in [0.4, 0.5) is 4.79 Å². The Bertz CT molecular complexity index is 758. The maximum absolute atomic E-state index is 11.6. The third-order valence-electron chi connectivity index (χ3n) is 4.08. The molecule has 0 saturated carbocycles. The number of aromatic amines is 1. The molecule has 0 fully saturated rings. The van der Waals surface area contributed by atoms with Gasteiger partial charge >= 0.3 is 6.09 Å². The number of benzene rings is 1. The van der Waals surface area contributed by atoms with Crippen molar-refractivity contribution in [3.8, 4) is 17.0 Å². The number of carbonyl (C=O) groups is 1. The highest BCUT2D eigenvalue weighted by Crippen LogP contribution is 2.30. The molecule has 1 aromatic carbocycles. The second-order valence-corrected chi connectivity index (χ2v) is 7.71. The molecule has 1 amide bonds. The van der Waals surface area contributed by atoms with Crippen molar-refractivity contribution in [2.75, 3.05) is 13.7 Å². The highest BCUT2D eigenvalue weighted by atomic mass is 35.5. The number of nitrogens with zero attached hydrogens (tertiary/aromatic N) is 1. The van der Waals surface area contributed by atoms with Crippen LogP contribution in [0, 0.1) is 0 Å². The summed E-state index contributed by atoms with van der Waals surface area (Å²) in [6.07, 6.45) is 2.10. The van der Waals surface area contributed by atoms with Crippen molar-refractivity contribution in [3.63, 3.8) is 0 Å². The molecular weight excluding hydrogens is 380 g/mol. The van der Waals surface area contributed by atoms with Gasteiger partial charge in [-0.15, -0.1) is 0 Å². The van der Waals surface area contributed by atoms with E-state index in [0.29, 0.717) is 6.54 Å². The minimum atomic E-state index is -0.489. The highest BCUT2D eigenvalue weighted by molar-refractivity contribution is 6.13. The number of hydrogen-bond acceptors (Lipinski definition) is 5. The number of nitrogens with one attached hydrogen (secondary N) is 3. The summed E-state index contributed by atoms with van der Waals surface area (Å²) >= 11 is 5.94. The number of para-hydroxylation sites is 1. The first-order valence-electron chi connectivity index (χ1n) is 9.35. The number of halogens is 1. The number of H-pyrrole nitrogens is 1. The molecule has 1 atom stereocenters. The first-order valence-corrected chi connectivity index (χ1v) is 9.73. The quantitative estimate of drug-likeness (QED) is 0.418. The Morgan fingerprint density at radius 2 is 2.04 bits per heavy atom. The van der Waals surface area contributed by atoms with Gasteiger partial charge in [-0.25, -0.2) is 9.63 Å². The van der Waals surface area contributed by atoms with E-state index >= 15 is 0 Å². The van der Waals surface area contributed by atoms with Crippen molar-refractivity contribution in [1.82, 2.24) is 20.3 Å². The molecule has 1 aromatic heterocycles. The summed E-state index contributed by atoms with van der Waals surface area (Å²) in [4.78, 5) is 14.4. The number of ether oxygens (including phenoxy) is 2. The third-order valence-corrected chi connectivity index (χ3v) is 4.34. The largest absolute Gasteiger partial charge is 0.496 e. The Morgan fingerprint density at radius 3 is 2.71 bits per heavy atom. The van der Waals surface area contributed by atoms with Gasteiger partial charge in [0.1, 0.15) is 11.4 Å². The molecule has 2 rings (SSSR count). The van der Waals surface area contributed by atoms with Crippen LogP contribution in [0.3, 0.4) is 0 Å². The van der Waals surface area contributed by atoms with Crippen molar-refractivity contribution >= 4 is 17.9 Å². The average Bonchev–Trinajstić information content (AvgIpc) is 3.13. The van der Waals surface area contributed by atoms with Gasteiger partial charge in [0.15, 0.2) is 0 Å². The fourth-order valence-electron chi connectivity index (χ4n) is 2.76. The van der Waals surface area contributed by atoms with Crippen molar-refractivity contribution in [3.05, 3.63) is 36.0 Å². The number of alkyl carbamates (subject to hydrolysis) is 1. The molecule has 0 aliphatic carbocycles. The number of unbranched alkanes of at least 4 members (excludes halogenated alkanes) is 1. The molecule has 8 heteroatoms. The number of amides is 1. The van der Waals surface area contributed by atoms with E-state index in [9.17, 15) is 4.79 Å². The van der Waals surface area contributed by atoms with Gasteiger partial charge in [0.25, 0.3) is 0 Å². The van der Waals surface area contributed by atoms with Gasteiger partial charge in [-0.1, -0.05) is 12.1 Å². The molecule has 0 saturated heterocycles. The van der Waals surface area contributed by atoms with E-state index < -0.39 is 11.7 Å². The van der Waals surface area contributed by atoms with Gasteiger partial charge < -0.3 is 14.8 Å². The molecule has 154 valence electrons. The fraction of sp³-hybridized carbons (Fsp3) is 0.500. The molecule has 7 nitrogen and oxygen atoms in total. The number of carbonyl (C=O) groups excluding carboxylic acids is 1. The van der Waals surface area contributed by atoms with E-state index in [1.165, 1.54) is 0 Å². The summed E-state index contributed by atoms with van der Waals surface area (Å²) < 4.78 is 10.6. The number of aromatic nitrogens is 2. The molecule has 1 unspecified atom stereocenters. The van der Waals surface area contributed by atoms with Crippen LogP contribution < -0.4 is 14.9 Å². The Morgan fingerprint density at radius 1 is 1.29 bits per heavy atom. The zero-order valence-corrected chi connectivity index (χ0v) is 17.6. The summed E-state index contributed by atoms with van der Waals surface area (Å²) in [5, 5.41) is 10.2. The van der Waals surface area contributed by atoms with Gasteiger partial charge in [-0.3, -0.25) is 5.10 Å². The minimum absolute atomic E-state index is 0.0702. The first kappa shape index (κ1) is 22.0. The Kier molecular flexibility index (Phi) is 8.14. The van der Waals surface area contributed by atoms with Crippen LogP contribution in [0.2, 0.25) is 0 Å². The van der Waals surface area contributed by atoms with Crippen LogP contribution in [0.25, 0.3) is 11.3 Å². The molecular formula is C20H29ClN4O3. The van der Waals surface area contributed by atoms with E-state index in [2.05, 4.69) is 20.3 Å². The van der Waals surface area contributed by atoms with Crippen LogP contribution in [0.15, 0.2) is 30.3 Å². The Hall–Kier alpha value is -2.25. The van der Waals surface area contributed by atoms with E-state index in [4.69, 9.17) is 21.3 Å². The van der Waals surface area contributed by atoms with Gasteiger partial charge in [0.05, 0.1) is 24.5 Å². The summed E-state index contributed by atoms with van der Waals surface area (Å²) in [5.74, 6) is 0.768. The van der Waals surface area contributed by atoms with E-state index in [-0.39, 0.29) is 6.04 Å². The van der Waals surface area contributed by atoms with Gasteiger partial charge in [-0.05, 0) is 70.0 Å². The van der Waals surface area contributed by atoms with Crippen LogP contribution >= 0.6 is 11.8 Å². The number of hydrogen-bond donors (Lipinski definition) is 3. The lowest BCUT2D eigenvalue weighted by Gasteiger charge is -2.19. The smallest absolute Gasteiger partial charge is 0.407 e. The molecule has 1 heterocycles. The average molecular weight is 409 g/mol. The molecule has 0 radical (unpaired) electrons. The topological polar surface area (TPSA) is 88.3 Å². The van der Waals surface area contributed by atoms with Crippen molar-refractivity contribution in [2.45, 2.75) is 51.7 Å². The SMILES string of the molecule is COc1ccccc1-c1cc(C(CCCCNC(=O)OC(C)(C)C)NCl)[nH]n1. The second-order valence-electron chi connectivity index (χ2n) is 7.49. The lowest BCUT2D eigenvalue weighted by Crippen LogP contribution is -2.33. The molecule has 2 aromatic rings. The molecule has 0 aliphatic rings. The van der Waals surface area contributed by atoms with Crippen LogP contribution in [-0.4, -0.2) is 35.5 Å². The van der Waals surface area contributed by atoms with Crippen LogP contribution in [-0.2, 0) is 4.74 Å². The fourth-order valence-corrected chi connectivity index (χ4v) is 2.98. The molecule has 28 heavy (non-hydrogen) atoms. The standard InChI is InChI=1S/C20H29ClN4O3/c1-20(2,3)28-19(26)22-12-8-7-10-15(23-21)17-13-16(24-25-17)14-9-5-6-11-18(14)27-4/h5-6,9,11,13,15,23H,7-8,10,12H2,1-4H3,(H,22,26)(H,24,25). The lowest BCUT2D eigenvalue weighted by atomic mass is 10.1. The molecule has 0 bridgehead atoms. The first-order chi connectivity index (χ1) is 13.3. The van der Waals surface area contributed by atoms with Crippen LogP contribution in [0.5, 0.6) is 5.75 Å². The van der Waals surface area contributed by atoms with E-state index in [1.54, 1.807) is 7.11 Å². The number of methoxy groups -OCH3 is 1. The predicted molar refractivity (Wildman–Crippen MR) is 110 cm³/mol. The second kappa shape index (κ2) is 10.3. The third kappa shape index (κ3) is 6.73. The summed E-state index contributed by atoms with van der Waals surface area (Å²) in [7, 11) is 1.64. The zero-order valence-electron chi connectivity index (χ0n) is 16.8. The van der Waals surface area contributed by atoms with Gasteiger partial charge in [0, 0.05) is 12.1 Å². The van der Waals surface area contributed by atoms with Gasteiger partial charge in [0.2, 0.25) is 0 Å². The summed E-state index contributed by atoms with van der Waals surface area (Å²) in [6.45, 7) is 6.08.